The first-order chi connectivity index (χ1) is 9.08. The van der Waals surface area contributed by atoms with Crippen LogP contribution in [0.15, 0.2) is 35.1 Å². The maximum absolute atomic E-state index is 4.48. The van der Waals surface area contributed by atoms with Crippen molar-refractivity contribution in [2.45, 2.75) is 36.8 Å². The van der Waals surface area contributed by atoms with Crippen molar-refractivity contribution >= 4 is 23.1 Å². The molecule has 2 aromatic heterocycles. The molecule has 2 aromatic rings. The Morgan fingerprint density at radius 2 is 2.21 bits per heavy atom. The van der Waals surface area contributed by atoms with Crippen molar-refractivity contribution in [1.29, 1.82) is 0 Å². The number of imidazole rings is 1. The van der Waals surface area contributed by atoms with Gasteiger partial charge in [-0.05, 0) is 32.5 Å². The molecular formula is C14H21N3S2. The van der Waals surface area contributed by atoms with Crippen LogP contribution in [-0.4, -0.2) is 33.9 Å². The average Bonchev–Trinajstić information content (AvgIpc) is 3.00. The van der Waals surface area contributed by atoms with Gasteiger partial charge in [-0.15, -0.1) is 11.3 Å². The van der Waals surface area contributed by atoms with Gasteiger partial charge in [0, 0.05) is 29.7 Å². The Hall–Kier alpha value is -0.780. The number of thiophene rings is 1. The van der Waals surface area contributed by atoms with Gasteiger partial charge in [0.2, 0.25) is 0 Å². The average molecular weight is 295 g/mol. The molecule has 5 heteroatoms. The van der Waals surface area contributed by atoms with E-state index in [0.717, 1.165) is 11.7 Å². The molecule has 2 unspecified atom stereocenters. The highest BCUT2D eigenvalue weighted by atomic mass is 32.2. The molecule has 0 radical (unpaired) electrons. The molecule has 2 heterocycles. The standard InChI is InChI=1S/C14H21N3S2/c1-11(13-6-5-9-18-13)10-17-8-7-15-14(17)19-12(2)16(3)4/h5-9,11-12H,10H2,1-4H3. The first-order valence-corrected chi connectivity index (χ1v) is 8.21. The van der Waals surface area contributed by atoms with E-state index < -0.39 is 0 Å². The quantitative estimate of drug-likeness (QED) is 0.598. The lowest BCUT2D eigenvalue weighted by Crippen LogP contribution is -2.21. The smallest absolute Gasteiger partial charge is 0.169 e. The Morgan fingerprint density at radius 1 is 1.42 bits per heavy atom. The van der Waals surface area contributed by atoms with Gasteiger partial charge in [0.1, 0.15) is 0 Å². The van der Waals surface area contributed by atoms with E-state index in [4.69, 9.17) is 0 Å². The van der Waals surface area contributed by atoms with Crippen molar-refractivity contribution < 1.29 is 0 Å². The van der Waals surface area contributed by atoms with Gasteiger partial charge < -0.3 is 4.57 Å². The van der Waals surface area contributed by atoms with Crippen LogP contribution in [0.2, 0.25) is 0 Å². The Bertz CT molecular complexity index is 491. The Kier molecular flexibility index (Phi) is 5.07. The molecule has 3 nitrogen and oxygen atoms in total. The van der Waals surface area contributed by atoms with E-state index >= 15 is 0 Å². The van der Waals surface area contributed by atoms with E-state index in [1.54, 1.807) is 11.8 Å². The van der Waals surface area contributed by atoms with Crippen LogP contribution < -0.4 is 0 Å². The van der Waals surface area contributed by atoms with E-state index in [1.807, 2.05) is 17.5 Å². The molecule has 0 spiro atoms. The van der Waals surface area contributed by atoms with E-state index in [1.165, 1.54) is 4.88 Å². The van der Waals surface area contributed by atoms with Crippen molar-refractivity contribution in [3.63, 3.8) is 0 Å². The van der Waals surface area contributed by atoms with Crippen molar-refractivity contribution in [3.05, 3.63) is 34.8 Å². The van der Waals surface area contributed by atoms with E-state index in [0.29, 0.717) is 11.3 Å². The highest BCUT2D eigenvalue weighted by Gasteiger charge is 2.14. The van der Waals surface area contributed by atoms with Gasteiger partial charge in [-0.2, -0.15) is 0 Å². The van der Waals surface area contributed by atoms with Crippen LogP contribution in [0.5, 0.6) is 0 Å². The fourth-order valence-electron chi connectivity index (χ4n) is 1.77. The summed E-state index contributed by atoms with van der Waals surface area (Å²) < 4.78 is 2.26. The zero-order chi connectivity index (χ0) is 13.8. The molecule has 0 saturated carbocycles. The fourth-order valence-corrected chi connectivity index (χ4v) is 3.45. The van der Waals surface area contributed by atoms with Gasteiger partial charge >= 0.3 is 0 Å². The molecular weight excluding hydrogens is 274 g/mol. The van der Waals surface area contributed by atoms with Gasteiger partial charge in [-0.1, -0.05) is 24.8 Å². The Balaban J connectivity index is 2.03. The van der Waals surface area contributed by atoms with E-state index in [-0.39, 0.29) is 0 Å². The summed E-state index contributed by atoms with van der Waals surface area (Å²) in [6.45, 7) is 5.46. The third kappa shape index (κ3) is 3.84. The number of hydrogen-bond donors (Lipinski definition) is 0. The monoisotopic (exact) mass is 295 g/mol. The summed E-state index contributed by atoms with van der Waals surface area (Å²) in [5.41, 5.74) is 0. The molecule has 0 saturated heterocycles. The second-order valence-electron chi connectivity index (χ2n) is 4.96. The molecule has 0 aromatic carbocycles. The molecule has 104 valence electrons. The molecule has 2 atom stereocenters. The lowest BCUT2D eigenvalue weighted by Gasteiger charge is -2.20. The number of nitrogens with zero attached hydrogens (tertiary/aromatic N) is 3. The number of thioether (sulfide) groups is 1. The summed E-state index contributed by atoms with van der Waals surface area (Å²) in [5.74, 6) is 0.531. The minimum atomic E-state index is 0.429. The third-order valence-corrected chi connectivity index (χ3v) is 5.60. The summed E-state index contributed by atoms with van der Waals surface area (Å²) in [6.07, 6.45) is 3.97. The van der Waals surface area contributed by atoms with E-state index in [2.05, 4.69) is 66.1 Å². The summed E-state index contributed by atoms with van der Waals surface area (Å²) in [6, 6.07) is 4.33. The van der Waals surface area contributed by atoms with Gasteiger partial charge in [0.15, 0.2) is 5.16 Å². The number of rotatable bonds is 6. The zero-order valence-corrected chi connectivity index (χ0v) is 13.5. The van der Waals surface area contributed by atoms with Crippen LogP contribution >= 0.6 is 23.1 Å². The van der Waals surface area contributed by atoms with Crippen LogP contribution in [0.3, 0.4) is 0 Å². The molecule has 0 fully saturated rings. The summed E-state index contributed by atoms with van der Waals surface area (Å²) in [4.78, 5) is 8.11. The van der Waals surface area contributed by atoms with Crippen LogP contribution in [-0.2, 0) is 6.54 Å². The molecule has 0 aliphatic heterocycles. The molecule has 0 N–H and O–H groups in total. The van der Waals surface area contributed by atoms with Crippen LogP contribution in [0, 0.1) is 0 Å². The summed E-state index contributed by atoms with van der Waals surface area (Å²) in [5, 5.41) is 3.67. The number of hydrogen-bond acceptors (Lipinski definition) is 4. The van der Waals surface area contributed by atoms with Gasteiger partial charge in [-0.25, -0.2) is 4.98 Å². The molecule has 0 aliphatic rings. The maximum Gasteiger partial charge on any atom is 0.169 e. The second-order valence-corrected chi connectivity index (χ2v) is 7.22. The first-order valence-electron chi connectivity index (χ1n) is 6.45. The van der Waals surface area contributed by atoms with Crippen LogP contribution in [0.1, 0.15) is 24.6 Å². The first kappa shape index (κ1) is 14.6. The normalized spacial score (nSPS) is 14.8. The minimum absolute atomic E-state index is 0.429. The van der Waals surface area contributed by atoms with Gasteiger partial charge in [-0.3, -0.25) is 4.90 Å². The molecule has 19 heavy (non-hydrogen) atoms. The SMILES string of the molecule is CC(Cn1ccnc1SC(C)N(C)C)c1cccs1. The maximum atomic E-state index is 4.48. The molecule has 2 rings (SSSR count). The van der Waals surface area contributed by atoms with Crippen LogP contribution in [0.4, 0.5) is 0 Å². The van der Waals surface area contributed by atoms with E-state index in [9.17, 15) is 0 Å². The van der Waals surface area contributed by atoms with Gasteiger partial charge in [0.05, 0.1) is 5.37 Å². The van der Waals surface area contributed by atoms with Crippen LogP contribution in [0.25, 0.3) is 0 Å². The summed E-state index contributed by atoms with van der Waals surface area (Å²) >= 11 is 3.63. The predicted octanol–water partition coefficient (Wildman–Crippen LogP) is 3.75. The summed E-state index contributed by atoms with van der Waals surface area (Å²) in [7, 11) is 4.19. The molecule has 0 bridgehead atoms. The van der Waals surface area contributed by atoms with Crippen molar-refractivity contribution in [1.82, 2.24) is 14.5 Å². The second kappa shape index (κ2) is 6.59. The Morgan fingerprint density at radius 3 is 2.84 bits per heavy atom. The topological polar surface area (TPSA) is 21.1 Å². The fraction of sp³-hybridized carbons (Fsp3) is 0.500. The molecule has 0 aliphatic carbocycles. The molecule has 0 amide bonds. The third-order valence-electron chi connectivity index (χ3n) is 3.18. The van der Waals surface area contributed by atoms with Crippen molar-refractivity contribution in [3.8, 4) is 0 Å². The minimum Gasteiger partial charge on any atom is -0.325 e. The zero-order valence-electron chi connectivity index (χ0n) is 11.9. The highest BCUT2D eigenvalue weighted by Crippen LogP contribution is 2.27. The highest BCUT2D eigenvalue weighted by molar-refractivity contribution is 7.99. The van der Waals surface area contributed by atoms with Gasteiger partial charge in [0.25, 0.3) is 0 Å². The largest absolute Gasteiger partial charge is 0.325 e. The number of aromatic nitrogens is 2. The Labute approximate surface area is 123 Å². The lowest BCUT2D eigenvalue weighted by molar-refractivity contribution is 0.401. The predicted molar refractivity (Wildman–Crippen MR) is 84.0 cm³/mol. The van der Waals surface area contributed by atoms with Crippen molar-refractivity contribution in [2.75, 3.05) is 14.1 Å². The van der Waals surface area contributed by atoms with Crippen molar-refractivity contribution in [2.24, 2.45) is 0 Å². The lowest BCUT2D eigenvalue weighted by atomic mass is 10.1.